The molecule has 5 rings (SSSR count). The first-order valence-electron chi connectivity index (χ1n) is 28.3. The zero-order chi connectivity index (χ0) is 58.2. The molecule has 0 radical (unpaired) electrons. The van der Waals surface area contributed by atoms with E-state index in [1.165, 1.54) is 13.1 Å². The number of nitrogens with zero attached hydrogens (tertiary/aromatic N) is 4. The summed E-state index contributed by atoms with van der Waals surface area (Å²) < 4.78 is 53.4. The van der Waals surface area contributed by atoms with Crippen LogP contribution in [0.15, 0.2) is 29.2 Å². The number of methoxy groups -OCH3 is 1. The van der Waals surface area contributed by atoms with Gasteiger partial charge in [-0.15, -0.1) is 0 Å². The summed E-state index contributed by atoms with van der Waals surface area (Å²) in [5.41, 5.74) is -3.52. The number of carboxylic acid groups (broad SMARTS) is 1. The SMILES string of the molecule is CC[C@H]1OC(=O)[C@H](C)[C@@H](O[C@H]2C[C@@](C)(OC)[C@@H](OCCCOCCCc3ccc4c(c3)c(=O)c(C(=O)O)cn4CCN(C)C)[C@H](C)O2)[C@H](C)[C@@H](O[C@@H]2O[C@H](C)C[C@H](N(C)C)[C@H]2O)[C@](C)(O)C[C@@H](C)CN(C)[C@H](C)[C@@H](O)[C@]1(C)O. The molecule has 78 heavy (non-hydrogen) atoms. The minimum absolute atomic E-state index is 0.176. The van der Waals surface area contributed by atoms with Crippen molar-refractivity contribution < 1.29 is 73.0 Å². The van der Waals surface area contributed by atoms with Crippen molar-refractivity contribution in [1.29, 1.82) is 0 Å². The van der Waals surface area contributed by atoms with Gasteiger partial charge >= 0.3 is 11.9 Å². The van der Waals surface area contributed by atoms with Crippen molar-refractivity contribution in [3.63, 3.8) is 0 Å². The summed E-state index contributed by atoms with van der Waals surface area (Å²) in [6, 6.07) is 4.77. The number of aromatic carboxylic acids is 1. The van der Waals surface area contributed by atoms with Crippen molar-refractivity contribution >= 4 is 22.8 Å². The van der Waals surface area contributed by atoms with Crippen molar-refractivity contribution in [2.75, 3.05) is 75.3 Å². The van der Waals surface area contributed by atoms with E-state index in [2.05, 4.69) is 0 Å². The molecule has 0 spiro atoms. The monoisotopic (exact) mass is 1110 g/mol. The molecule has 20 heteroatoms. The van der Waals surface area contributed by atoms with Crippen LogP contribution >= 0.6 is 0 Å². The first kappa shape index (κ1) is 65.6. The number of hydrogen-bond acceptors (Lipinski definition) is 18. The van der Waals surface area contributed by atoms with Gasteiger partial charge in [-0.25, -0.2) is 4.79 Å². The maximum Gasteiger partial charge on any atom is 0.341 e. The highest BCUT2D eigenvalue weighted by molar-refractivity contribution is 5.92. The van der Waals surface area contributed by atoms with Crippen LogP contribution in [0, 0.1) is 17.8 Å². The average Bonchev–Trinajstić information content (AvgIpc) is 3.43. The number of ether oxygens (including phenoxy) is 8. The zero-order valence-corrected chi connectivity index (χ0v) is 49.7. The lowest BCUT2D eigenvalue weighted by Crippen LogP contribution is -2.61. The van der Waals surface area contributed by atoms with Crippen LogP contribution in [0.4, 0.5) is 0 Å². The molecule has 0 unspecified atom stereocenters. The fourth-order valence-corrected chi connectivity index (χ4v) is 12.1. The summed E-state index contributed by atoms with van der Waals surface area (Å²) in [6.07, 6.45) is -4.63. The van der Waals surface area contributed by atoms with E-state index in [0.717, 1.165) is 5.56 Å². The number of aliphatic hydroxyl groups excluding tert-OH is 2. The van der Waals surface area contributed by atoms with Crippen LogP contribution in [-0.2, 0) is 55.7 Å². The van der Waals surface area contributed by atoms with E-state index >= 15 is 0 Å². The van der Waals surface area contributed by atoms with E-state index in [0.29, 0.717) is 76.0 Å². The second kappa shape index (κ2) is 28.2. The lowest BCUT2D eigenvalue weighted by molar-refractivity contribution is -0.320. The van der Waals surface area contributed by atoms with Gasteiger partial charge in [-0.2, -0.15) is 0 Å². The van der Waals surface area contributed by atoms with Gasteiger partial charge in [0.1, 0.15) is 35.6 Å². The predicted octanol–water partition coefficient (Wildman–Crippen LogP) is 4.54. The average molecular weight is 1110 g/mol. The molecule has 446 valence electrons. The van der Waals surface area contributed by atoms with E-state index < -0.39 is 107 Å². The number of likely N-dealkylation sites (N-methyl/N-ethyl adjacent to an activating group) is 3. The molecule has 20 nitrogen and oxygen atoms in total. The predicted molar refractivity (Wildman–Crippen MR) is 295 cm³/mol. The van der Waals surface area contributed by atoms with Crippen LogP contribution in [-0.4, -0.2) is 222 Å². The van der Waals surface area contributed by atoms with Gasteiger partial charge < -0.3 is 82.7 Å². The largest absolute Gasteiger partial charge is 0.477 e. The molecule has 5 N–H and O–H groups in total. The van der Waals surface area contributed by atoms with E-state index in [4.69, 9.17) is 37.9 Å². The van der Waals surface area contributed by atoms with Gasteiger partial charge in [-0.1, -0.05) is 26.8 Å². The van der Waals surface area contributed by atoms with E-state index in [-0.39, 0.29) is 42.9 Å². The first-order valence-corrected chi connectivity index (χ1v) is 28.3. The van der Waals surface area contributed by atoms with E-state index in [1.807, 2.05) is 101 Å². The van der Waals surface area contributed by atoms with Crippen LogP contribution in [0.2, 0.25) is 0 Å². The quantitative estimate of drug-likeness (QED) is 0.0903. The third-order valence-electron chi connectivity index (χ3n) is 16.8. The Balaban J connectivity index is 1.31. The lowest BCUT2D eigenvalue weighted by atomic mass is 9.77. The number of cyclic esters (lactones) is 1. The van der Waals surface area contributed by atoms with Crippen molar-refractivity contribution in [3.8, 4) is 0 Å². The molecule has 18 atom stereocenters. The fourth-order valence-electron chi connectivity index (χ4n) is 12.1. The second-order valence-electron chi connectivity index (χ2n) is 24.1. The van der Waals surface area contributed by atoms with Crippen LogP contribution in [0.1, 0.15) is 124 Å². The van der Waals surface area contributed by atoms with Gasteiger partial charge in [0, 0.05) is 82.6 Å². The molecule has 1 aromatic heterocycles. The Morgan fingerprint density at radius 2 is 1.59 bits per heavy atom. The highest BCUT2D eigenvalue weighted by atomic mass is 16.7. The molecule has 0 amide bonds. The van der Waals surface area contributed by atoms with Crippen molar-refractivity contribution in [2.24, 2.45) is 17.8 Å². The third kappa shape index (κ3) is 16.1. The van der Waals surface area contributed by atoms with Crippen LogP contribution in [0.25, 0.3) is 10.9 Å². The molecule has 0 aliphatic carbocycles. The first-order chi connectivity index (χ1) is 36.5. The molecule has 3 saturated heterocycles. The molecule has 3 aliphatic rings. The number of benzene rings is 1. The maximum absolute atomic E-state index is 14.6. The maximum atomic E-state index is 14.6. The Morgan fingerprint density at radius 3 is 2.22 bits per heavy atom. The summed E-state index contributed by atoms with van der Waals surface area (Å²) in [5, 5.41) is 58.3. The van der Waals surface area contributed by atoms with Crippen molar-refractivity contribution in [2.45, 2.75) is 211 Å². The zero-order valence-electron chi connectivity index (χ0n) is 49.7. The highest BCUT2D eigenvalue weighted by Gasteiger charge is 2.53. The van der Waals surface area contributed by atoms with Crippen LogP contribution in [0.5, 0.6) is 0 Å². The number of hydrogen-bond donors (Lipinski definition) is 5. The Kier molecular flexibility index (Phi) is 23.7. The molecule has 4 heterocycles. The molecule has 1 aromatic carbocycles. The Morgan fingerprint density at radius 1 is 0.910 bits per heavy atom. The summed E-state index contributed by atoms with van der Waals surface area (Å²) in [6.45, 7) is 20.9. The lowest BCUT2D eigenvalue weighted by Gasteiger charge is -2.49. The number of aliphatic hydroxyl groups is 4. The number of esters is 1. The Labute approximate surface area is 463 Å². The minimum Gasteiger partial charge on any atom is -0.477 e. The van der Waals surface area contributed by atoms with Crippen molar-refractivity contribution in [1.82, 2.24) is 19.3 Å². The Hall–Kier alpha value is -3.19. The summed E-state index contributed by atoms with van der Waals surface area (Å²) >= 11 is 0. The third-order valence-corrected chi connectivity index (χ3v) is 16.8. The second-order valence-corrected chi connectivity index (χ2v) is 24.1. The molecule has 3 fully saturated rings. The standard InChI is InChI=1S/C58H98N4O16/c1-17-45-58(10,70)50(65)38(6)61(15)32-34(2)30-56(8,69)51(78-55-48(64)44(60(13)14)28-35(3)74-55)36(4)49(37(5)54(68)76-45)77-46-31-57(9,71-16)52(39(7)75-46)73-27-19-26-72-25-18-20-40-21-22-43-41(29-40)47(63)42(53(66)67)33-62(43)24-23-59(11)12/h21-22,29,33-39,44-46,48-52,55,64-65,69-70H,17-20,23-28,30-32H2,1-16H3,(H,66,67)/t34-,35-,36+,37-,38-,39+,44+,45-,46+,48-,49+,50-,51-,52+,55+,56-,57-,58-/m1/s1. The number of aromatic nitrogens is 1. The van der Waals surface area contributed by atoms with Gasteiger partial charge in [0.05, 0.1) is 47.1 Å². The van der Waals surface area contributed by atoms with Crippen LogP contribution in [0.3, 0.4) is 0 Å². The number of pyridine rings is 1. The number of aryl methyl sites for hydroxylation is 1. The van der Waals surface area contributed by atoms with E-state index in [1.54, 1.807) is 40.9 Å². The molecular weight excluding hydrogens is 1010 g/mol. The molecule has 3 aliphatic heterocycles. The molecule has 0 bridgehead atoms. The van der Waals surface area contributed by atoms with Gasteiger partial charge in [0.2, 0.25) is 5.43 Å². The molecular formula is C58H98N4O16. The highest BCUT2D eigenvalue weighted by Crippen LogP contribution is 2.41. The number of fused-ring (bicyclic) bond motifs is 1. The van der Waals surface area contributed by atoms with Crippen LogP contribution < -0.4 is 5.43 Å². The molecule has 0 saturated carbocycles. The number of carbonyl (C=O) groups excluding carboxylic acids is 1. The Bertz CT molecular complexity index is 2300. The normalized spacial score (nSPS) is 37.1. The van der Waals surface area contributed by atoms with Gasteiger partial charge in [0.25, 0.3) is 0 Å². The van der Waals surface area contributed by atoms with Crippen molar-refractivity contribution in [3.05, 3.63) is 45.7 Å². The summed E-state index contributed by atoms with van der Waals surface area (Å²) in [7, 11) is 11.1. The fraction of sp³-hybridized carbons (Fsp3) is 0.810. The van der Waals surface area contributed by atoms with Gasteiger partial charge in [0.15, 0.2) is 12.6 Å². The number of carbonyl (C=O) groups is 2. The smallest absolute Gasteiger partial charge is 0.341 e. The van der Waals surface area contributed by atoms with E-state index in [9.17, 15) is 39.9 Å². The number of carboxylic acids is 1. The summed E-state index contributed by atoms with van der Waals surface area (Å²) in [4.78, 5) is 45.6. The van der Waals surface area contributed by atoms with Gasteiger partial charge in [-0.05, 0) is 146 Å². The molecule has 2 aromatic rings. The number of rotatable bonds is 20. The minimum atomic E-state index is -1.84. The topological polar surface area (TPSA) is 241 Å². The van der Waals surface area contributed by atoms with Gasteiger partial charge in [-0.3, -0.25) is 9.59 Å². The summed E-state index contributed by atoms with van der Waals surface area (Å²) in [5.74, 6) is -3.96.